The van der Waals surface area contributed by atoms with Crippen molar-refractivity contribution in [3.63, 3.8) is 0 Å². The fourth-order valence-corrected chi connectivity index (χ4v) is 3.72. The third kappa shape index (κ3) is 5.36. The summed E-state index contributed by atoms with van der Waals surface area (Å²) in [6.45, 7) is 1.36. The van der Waals surface area contributed by atoms with Gasteiger partial charge >= 0.3 is 0 Å². The van der Waals surface area contributed by atoms with E-state index in [9.17, 15) is 18.4 Å². The Morgan fingerprint density at radius 1 is 1.17 bits per heavy atom. The molecule has 0 aliphatic rings. The summed E-state index contributed by atoms with van der Waals surface area (Å²) in [5.74, 6) is -2.59. The van der Waals surface area contributed by atoms with E-state index in [1.807, 2.05) is 0 Å². The summed E-state index contributed by atoms with van der Waals surface area (Å²) in [7, 11) is 0. The van der Waals surface area contributed by atoms with Crippen molar-refractivity contribution in [2.24, 2.45) is 0 Å². The Balaban J connectivity index is 1.72. The fraction of sp³-hybridized carbons (Fsp3) is 0.150. The predicted molar refractivity (Wildman–Crippen MR) is 109 cm³/mol. The molecule has 150 valence electrons. The van der Waals surface area contributed by atoms with Crippen LogP contribution in [0.4, 0.5) is 13.9 Å². The molecule has 1 unspecified atom stereocenters. The number of aromatic nitrogens is 1. The normalized spacial score (nSPS) is 11.7. The molecule has 1 aromatic heterocycles. The van der Waals surface area contributed by atoms with Crippen molar-refractivity contribution >= 4 is 39.9 Å². The van der Waals surface area contributed by atoms with Gasteiger partial charge < -0.3 is 10.6 Å². The standard InChI is InChI=1S/C20H16ClF2N3O2S/c1-11(27)24-17(13-4-2-3-5-14(13)21)9-19(28)26-20-25-18(10-29-20)12-6-7-15(22)16(23)8-12/h2-8,10,17H,9H2,1H3,(H,24,27)(H,25,26,28). The number of carbonyl (C=O) groups excluding carboxylic acids is 2. The van der Waals surface area contributed by atoms with Crippen molar-refractivity contribution in [1.29, 1.82) is 0 Å². The number of carbonyl (C=O) groups is 2. The zero-order valence-electron chi connectivity index (χ0n) is 15.2. The zero-order valence-corrected chi connectivity index (χ0v) is 16.8. The van der Waals surface area contributed by atoms with E-state index in [2.05, 4.69) is 15.6 Å². The predicted octanol–water partition coefficient (Wildman–Crippen LogP) is 4.95. The molecule has 0 spiro atoms. The molecule has 1 heterocycles. The van der Waals surface area contributed by atoms with Crippen molar-refractivity contribution in [2.45, 2.75) is 19.4 Å². The Hall–Kier alpha value is -2.84. The molecule has 29 heavy (non-hydrogen) atoms. The maximum absolute atomic E-state index is 13.4. The van der Waals surface area contributed by atoms with Crippen molar-refractivity contribution in [3.05, 3.63) is 70.1 Å². The SMILES string of the molecule is CC(=O)NC(CC(=O)Nc1nc(-c2ccc(F)c(F)c2)cs1)c1ccccc1Cl. The maximum atomic E-state index is 13.4. The van der Waals surface area contributed by atoms with Crippen LogP contribution in [0.15, 0.2) is 47.8 Å². The number of amides is 2. The van der Waals surface area contributed by atoms with Crippen molar-refractivity contribution in [3.8, 4) is 11.3 Å². The highest BCUT2D eigenvalue weighted by Crippen LogP contribution is 2.28. The quantitative estimate of drug-likeness (QED) is 0.575. The summed E-state index contributed by atoms with van der Waals surface area (Å²) >= 11 is 7.34. The lowest BCUT2D eigenvalue weighted by Crippen LogP contribution is -2.30. The van der Waals surface area contributed by atoms with Crippen molar-refractivity contribution in [1.82, 2.24) is 10.3 Å². The molecule has 0 aliphatic carbocycles. The first kappa shape index (κ1) is 20.9. The van der Waals surface area contributed by atoms with Gasteiger partial charge in [0, 0.05) is 22.9 Å². The summed E-state index contributed by atoms with van der Waals surface area (Å²) in [6.07, 6.45) is -0.0522. The van der Waals surface area contributed by atoms with Gasteiger partial charge in [0.2, 0.25) is 11.8 Å². The molecular formula is C20H16ClF2N3O2S. The summed E-state index contributed by atoms with van der Waals surface area (Å²) in [5, 5.41) is 7.74. The molecule has 2 aromatic carbocycles. The molecule has 0 bridgehead atoms. The first-order chi connectivity index (χ1) is 13.8. The number of hydrogen-bond acceptors (Lipinski definition) is 4. The molecule has 0 fully saturated rings. The second-order valence-electron chi connectivity index (χ2n) is 6.19. The van der Waals surface area contributed by atoms with Crippen LogP contribution in [0.5, 0.6) is 0 Å². The Kier molecular flexibility index (Phi) is 6.56. The molecule has 0 radical (unpaired) electrons. The highest BCUT2D eigenvalue weighted by molar-refractivity contribution is 7.14. The molecule has 0 aliphatic heterocycles. The zero-order chi connectivity index (χ0) is 21.0. The second kappa shape index (κ2) is 9.11. The highest BCUT2D eigenvalue weighted by atomic mass is 35.5. The minimum Gasteiger partial charge on any atom is -0.349 e. The summed E-state index contributed by atoms with van der Waals surface area (Å²) in [5.41, 5.74) is 1.43. The van der Waals surface area contributed by atoms with Crippen LogP contribution < -0.4 is 10.6 Å². The molecule has 2 N–H and O–H groups in total. The molecule has 0 saturated heterocycles. The average molecular weight is 436 g/mol. The van der Waals surface area contributed by atoms with Crippen LogP contribution in [0.3, 0.4) is 0 Å². The third-order valence-corrected chi connectivity index (χ3v) is 5.12. The maximum Gasteiger partial charge on any atom is 0.228 e. The van der Waals surface area contributed by atoms with Gasteiger partial charge in [0.15, 0.2) is 16.8 Å². The van der Waals surface area contributed by atoms with E-state index in [4.69, 9.17) is 11.6 Å². The lowest BCUT2D eigenvalue weighted by atomic mass is 10.0. The van der Waals surface area contributed by atoms with Gasteiger partial charge in [-0.2, -0.15) is 0 Å². The van der Waals surface area contributed by atoms with E-state index in [0.29, 0.717) is 27.0 Å². The first-order valence-corrected chi connectivity index (χ1v) is 9.81. The molecule has 3 rings (SSSR count). The monoisotopic (exact) mass is 435 g/mol. The number of thiazole rings is 1. The Bertz CT molecular complexity index is 1060. The minimum atomic E-state index is -0.973. The van der Waals surface area contributed by atoms with E-state index in [1.54, 1.807) is 29.6 Å². The van der Waals surface area contributed by atoms with Gasteiger partial charge in [0.25, 0.3) is 0 Å². The van der Waals surface area contributed by atoms with Crippen LogP contribution >= 0.6 is 22.9 Å². The first-order valence-electron chi connectivity index (χ1n) is 8.56. The molecule has 3 aromatic rings. The van der Waals surface area contributed by atoms with Crippen LogP contribution in [-0.4, -0.2) is 16.8 Å². The lowest BCUT2D eigenvalue weighted by Gasteiger charge is -2.18. The third-order valence-electron chi connectivity index (χ3n) is 4.01. The fourth-order valence-electron chi connectivity index (χ4n) is 2.72. The molecule has 1 atom stereocenters. The topological polar surface area (TPSA) is 71.1 Å². The van der Waals surface area contributed by atoms with E-state index in [0.717, 1.165) is 23.5 Å². The smallest absolute Gasteiger partial charge is 0.228 e. The van der Waals surface area contributed by atoms with Gasteiger partial charge in [0.05, 0.1) is 18.2 Å². The molecule has 0 saturated carbocycles. The van der Waals surface area contributed by atoms with Crippen LogP contribution in [0.25, 0.3) is 11.3 Å². The van der Waals surface area contributed by atoms with Crippen molar-refractivity contribution < 1.29 is 18.4 Å². The number of nitrogens with one attached hydrogen (secondary N) is 2. The van der Waals surface area contributed by atoms with E-state index in [1.165, 1.54) is 13.0 Å². The van der Waals surface area contributed by atoms with E-state index in [-0.39, 0.29) is 18.2 Å². The highest BCUT2D eigenvalue weighted by Gasteiger charge is 2.20. The van der Waals surface area contributed by atoms with Crippen molar-refractivity contribution in [2.75, 3.05) is 5.32 Å². The summed E-state index contributed by atoms with van der Waals surface area (Å²) in [4.78, 5) is 28.3. The molecule has 5 nitrogen and oxygen atoms in total. The number of anilines is 1. The van der Waals surface area contributed by atoms with Gasteiger partial charge in [-0.05, 0) is 29.8 Å². The second-order valence-corrected chi connectivity index (χ2v) is 7.46. The van der Waals surface area contributed by atoms with Gasteiger partial charge in [-0.25, -0.2) is 13.8 Å². The number of nitrogens with zero attached hydrogens (tertiary/aromatic N) is 1. The number of rotatable bonds is 6. The van der Waals surface area contributed by atoms with Crippen LogP contribution in [0.1, 0.15) is 24.9 Å². The van der Waals surface area contributed by atoms with E-state index >= 15 is 0 Å². The van der Waals surface area contributed by atoms with E-state index < -0.39 is 17.7 Å². The number of halogens is 3. The average Bonchev–Trinajstić information content (AvgIpc) is 3.12. The Morgan fingerprint density at radius 3 is 2.62 bits per heavy atom. The Morgan fingerprint density at radius 2 is 1.93 bits per heavy atom. The molecule has 9 heteroatoms. The van der Waals surface area contributed by atoms with Gasteiger partial charge in [-0.3, -0.25) is 9.59 Å². The van der Waals surface area contributed by atoms with Crippen LogP contribution in [0, 0.1) is 11.6 Å². The summed E-state index contributed by atoms with van der Waals surface area (Å²) < 4.78 is 26.5. The lowest BCUT2D eigenvalue weighted by molar-refractivity contribution is -0.120. The summed E-state index contributed by atoms with van der Waals surface area (Å²) in [6, 6.07) is 9.80. The number of benzene rings is 2. The minimum absolute atomic E-state index is 0.0522. The van der Waals surface area contributed by atoms with Crippen LogP contribution in [0.2, 0.25) is 5.02 Å². The van der Waals surface area contributed by atoms with Gasteiger partial charge in [0.1, 0.15) is 0 Å². The number of hydrogen-bond donors (Lipinski definition) is 2. The van der Waals surface area contributed by atoms with Crippen LogP contribution in [-0.2, 0) is 9.59 Å². The molecule has 2 amide bonds. The van der Waals surface area contributed by atoms with Gasteiger partial charge in [-0.1, -0.05) is 29.8 Å². The van der Waals surface area contributed by atoms with Gasteiger partial charge in [-0.15, -0.1) is 11.3 Å². The molecular weight excluding hydrogens is 420 g/mol. The largest absolute Gasteiger partial charge is 0.349 e. The Labute approximate surface area is 174 Å².